The number of benzene rings is 7. The Morgan fingerprint density at radius 3 is 1.64 bits per heavy atom. The molecule has 0 aliphatic carbocycles. The zero-order valence-electron chi connectivity index (χ0n) is 23.6. The molecule has 1 radical (unpaired) electrons. The van der Waals surface area contributed by atoms with Crippen LogP contribution in [0, 0.1) is 0 Å². The van der Waals surface area contributed by atoms with E-state index >= 15 is 0 Å². The molecular formula is C40H23BClN2. The summed E-state index contributed by atoms with van der Waals surface area (Å²) in [5.74, 6) is 0. The van der Waals surface area contributed by atoms with Gasteiger partial charge in [-0.1, -0.05) is 133 Å². The highest BCUT2D eigenvalue weighted by atomic mass is 35.5. The molecule has 2 heterocycles. The van der Waals surface area contributed by atoms with Crippen LogP contribution in [0.4, 0.5) is 0 Å². The average molecular weight is 578 g/mol. The quantitative estimate of drug-likeness (QED) is 0.119. The van der Waals surface area contributed by atoms with Crippen molar-refractivity contribution in [2.24, 2.45) is 0 Å². The van der Waals surface area contributed by atoms with Crippen LogP contribution >= 0.6 is 11.6 Å². The standard InChI is InChI=1S/C40H23BClN2/c42-40-43-38(24-9-2-1-3-10-24)37-39(44-40)34-20-18-28(23-36(34)41-37)26-12-8-11-25(21-26)27-17-19-33-31-15-5-4-13-29(31)30-14-6-7-16-32(30)35(33)22-27/h1-23H. The first-order valence-electron chi connectivity index (χ1n) is 14.8. The molecule has 0 fully saturated rings. The van der Waals surface area contributed by atoms with Crippen molar-refractivity contribution in [2.45, 2.75) is 0 Å². The van der Waals surface area contributed by atoms with Gasteiger partial charge in [-0.05, 0) is 94.9 Å². The van der Waals surface area contributed by atoms with Crippen molar-refractivity contribution in [3.8, 4) is 44.8 Å². The zero-order chi connectivity index (χ0) is 29.2. The minimum Gasteiger partial charge on any atom is -0.218 e. The Balaban J connectivity index is 1.13. The third kappa shape index (κ3) is 3.97. The van der Waals surface area contributed by atoms with Crippen LogP contribution in [0.5, 0.6) is 0 Å². The van der Waals surface area contributed by atoms with Gasteiger partial charge in [0.15, 0.2) is 7.28 Å². The van der Waals surface area contributed by atoms with E-state index in [2.05, 4.69) is 139 Å². The van der Waals surface area contributed by atoms with Crippen LogP contribution in [0.3, 0.4) is 0 Å². The van der Waals surface area contributed by atoms with Gasteiger partial charge in [0, 0.05) is 0 Å². The summed E-state index contributed by atoms with van der Waals surface area (Å²) in [5, 5.41) is 7.98. The summed E-state index contributed by atoms with van der Waals surface area (Å²) in [6.45, 7) is 0. The predicted octanol–water partition coefficient (Wildman–Crippen LogP) is 9.23. The normalized spacial score (nSPS) is 11.9. The number of rotatable bonds is 3. The molecule has 0 saturated carbocycles. The Kier molecular flexibility index (Phi) is 5.69. The third-order valence-corrected chi connectivity index (χ3v) is 9.01. The lowest BCUT2D eigenvalue weighted by molar-refractivity contribution is 1.20. The van der Waals surface area contributed by atoms with Gasteiger partial charge in [0.25, 0.3) is 0 Å². The van der Waals surface area contributed by atoms with E-state index in [1.165, 1.54) is 49.0 Å². The molecule has 4 heteroatoms. The predicted molar refractivity (Wildman–Crippen MR) is 186 cm³/mol. The van der Waals surface area contributed by atoms with Crippen LogP contribution in [-0.2, 0) is 0 Å². The third-order valence-electron chi connectivity index (χ3n) is 8.85. The zero-order valence-corrected chi connectivity index (χ0v) is 24.4. The molecular weight excluding hydrogens is 555 g/mol. The maximum atomic E-state index is 6.41. The van der Waals surface area contributed by atoms with Crippen molar-refractivity contribution in [2.75, 3.05) is 0 Å². The molecule has 0 saturated heterocycles. The summed E-state index contributed by atoms with van der Waals surface area (Å²) in [6, 6.07) is 49.9. The second kappa shape index (κ2) is 9.91. The Labute approximate surface area is 260 Å². The molecule has 203 valence electrons. The van der Waals surface area contributed by atoms with Crippen LogP contribution in [0.25, 0.3) is 77.1 Å². The van der Waals surface area contributed by atoms with Crippen molar-refractivity contribution in [3.63, 3.8) is 0 Å². The molecule has 7 aromatic carbocycles. The maximum Gasteiger partial charge on any atom is 0.223 e. The summed E-state index contributed by atoms with van der Waals surface area (Å²) in [5.41, 5.74) is 10.7. The fourth-order valence-corrected chi connectivity index (χ4v) is 6.97. The SMILES string of the molecule is Clc1nc(-c2ccccc2)c2c(n1)-c1ccc(-c3cccc(-c4ccc5c6ccccc6c6ccccc6c5c4)c3)cc1[B]2. The molecule has 0 bridgehead atoms. The summed E-state index contributed by atoms with van der Waals surface area (Å²) >= 11 is 6.41. The van der Waals surface area contributed by atoms with Crippen LogP contribution < -0.4 is 10.9 Å². The van der Waals surface area contributed by atoms with Gasteiger partial charge in [0.05, 0.1) is 11.4 Å². The van der Waals surface area contributed by atoms with E-state index in [1.807, 2.05) is 18.2 Å². The van der Waals surface area contributed by atoms with Gasteiger partial charge in [-0.2, -0.15) is 0 Å². The van der Waals surface area contributed by atoms with Crippen LogP contribution in [0.15, 0.2) is 140 Å². The van der Waals surface area contributed by atoms with Crippen LogP contribution in [0.2, 0.25) is 5.28 Å². The highest BCUT2D eigenvalue weighted by molar-refractivity contribution is 6.74. The van der Waals surface area contributed by atoms with E-state index < -0.39 is 0 Å². The second-order valence-corrected chi connectivity index (χ2v) is 11.7. The Morgan fingerprint density at radius 1 is 0.409 bits per heavy atom. The number of aromatic nitrogens is 2. The highest BCUT2D eigenvalue weighted by Gasteiger charge is 2.26. The Morgan fingerprint density at radius 2 is 0.932 bits per heavy atom. The van der Waals surface area contributed by atoms with E-state index in [0.29, 0.717) is 0 Å². The number of nitrogens with zero attached hydrogens (tertiary/aromatic N) is 2. The van der Waals surface area contributed by atoms with E-state index in [4.69, 9.17) is 11.6 Å². The first-order valence-corrected chi connectivity index (χ1v) is 15.2. The molecule has 9 rings (SSSR count). The van der Waals surface area contributed by atoms with Crippen molar-refractivity contribution < 1.29 is 0 Å². The fraction of sp³-hybridized carbons (Fsp3) is 0. The minimum absolute atomic E-state index is 0.261. The molecule has 0 unspecified atom stereocenters. The van der Waals surface area contributed by atoms with E-state index in [-0.39, 0.29) is 5.28 Å². The number of fused-ring (bicyclic) bond motifs is 9. The van der Waals surface area contributed by atoms with Crippen molar-refractivity contribution in [3.05, 3.63) is 145 Å². The molecule has 0 atom stereocenters. The summed E-state index contributed by atoms with van der Waals surface area (Å²) in [4.78, 5) is 9.23. The number of halogens is 1. The van der Waals surface area contributed by atoms with E-state index in [1.54, 1.807) is 0 Å². The lowest BCUT2D eigenvalue weighted by Crippen LogP contribution is -2.24. The number of hydrogen-bond donors (Lipinski definition) is 0. The molecule has 2 nitrogen and oxygen atoms in total. The molecule has 8 aromatic rings. The second-order valence-electron chi connectivity index (χ2n) is 11.3. The molecule has 0 amide bonds. The van der Waals surface area contributed by atoms with Gasteiger partial charge >= 0.3 is 0 Å². The summed E-state index contributed by atoms with van der Waals surface area (Å²) < 4.78 is 0. The van der Waals surface area contributed by atoms with Crippen LogP contribution in [-0.4, -0.2) is 17.2 Å². The molecule has 44 heavy (non-hydrogen) atoms. The van der Waals surface area contributed by atoms with E-state index in [0.717, 1.165) is 39.0 Å². The van der Waals surface area contributed by atoms with Gasteiger partial charge in [0.1, 0.15) is 0 Å². The van der Waals surface area contributed by atoms with Crippen LogP contribution in [0.1, 0.15) is 0 Å². The smallest absolute Gasteiger partial charge is 0.218 e. The first kappa shape index (κ1) is 25.3. The Bertz CT molecular complexity index is 2400. The fourth-order valence-electron chi connectivity index (χ4n) is 6.80. The van der Waals surface area contributed by atoms with Gasteiger partial charge in [-0.15, -0.1) is 0 Å². The highest BCUT2D eigenvalue weighted by Crippen LogP contribution is 2.38. The van der Waals surface area contributed by atoms with Crippen molar-refractivity contribution in [1.29, 1.82) is 0 Å². The molecule has 1 aromatic heterocycles. The van der Waals surface area contributed by atoms with Gasteiger partial charge in [-0.3, -0.25) is 0 Å². The minimum atomic E-state index is 0.261. The van der Waals surface area contributed by atoms with E-state index in [9.17, 15) is 0 Å². The van der Waals surface area contributed by atoms with Gasteiger partial charge < -0.3 is 0 Å². The first-order chi connectivity index (χ1) is 21.7. The lowest BCUT2D eigenvalue weighted by Gasteiger charge is -2.13. The van der Waals surface area contributed by atoms with Crippen molar-refractivity contribution >= 4 is 62.1 Å². The van der Waals surface area contributed by atoms with Crippen molar-refractivity contribution in [1.82, 2.24) is 9.97 Å². The molecule has 0 N–H and O–H groups in total. The topological polar surface area (TPSA) is 25.8 Å². The molecule has 0 spiro atoms. The Hall–Kier alpha value is -5.25. The molecule has 1 aliphatic rings. The van der Waals surface area contributed by atoms with Gasteiger partial charge in [-0.25, -0.2) is 9.97 Å². The lowest BCUT2D eigenvalue weighted by atomic mass is 9.66. The monoisotopic (exact) mass is 577 g/mol. The average Bonchev–Trinajstić information content (AvgIpc) is 3.46. The number of hydrogen-bond acceptors (Lipinski definition) is 2. The summed E-state index contributed by atoms with van der Waals surface area (Å²) in [6.07, 6.45) is 0. The largest absolute Gasteiger partial charge is 0.223 e. The van der Waals surface area contributed by atoms with Gasteiger partial charge in [0.2, 0.25) is 5.28 Å². The maximum absolute atomic E-state index is 6.41. The molecule has 1 aliphatic heterocycles. The summed E-state index contributed by atoms with van der Waals surface area (Å²) in [7, 11) is 2.19.